The SMILES string of the molecule is CCc1ccc(C)c(C2C=c3c(C(C)=NC(=N)/C=C\NCC4CC4)c(O)[nH]c3=CC2CC)c1. The van der Waals surface area contributed by atoms with Gasteiger partial charge in [0.1, 0.15) is 5.84 Å². The first kappa shape index (κ1) is 23.1. The quantitative estimate of drug-likeness (QED) is 0.362. The number of fused-ring (bicyclic) bond motifs is 1. The Hall–Kier alpha value is -3.08. The molecule has 2 aliphatic rings. The summed E-state index contributed by atoms with van der Waals surface area (Å²) in [5, 5.41) is 24.1. The second kappa shape index (κ2) is 9.82. The second-order valence-corrected chi connectivity index (χ2v) is 9.42. The maximum absolute atomic E-state index is 10.7. The fraction of sp³-hybridized carbons (Fsp3) is 0.429. The van der Waals surface area contributed by atoms with E-state index in [-0.39, 0.29) is 17.6 Å². The van der Waals surface area contributed by atoms with E-state index in [4.69, 9.17) is 5.41 Å². The van der Waals surface area contributed by atoms with Gasteiger partial charge in [-0.15, -0.1) is 0 Å². The molecule has 174 valence electrons. The molecule has 0 radical (unpaired) electrons. The highest BCUT2D eigenvalue weighted by atomic mass is 16.3. The van der Waals surface area contributed by atoms with E-state index in [0.717, 1.165) is 35.9 Å². The molecule has 5 heteroatoms. The molecule has 4 N–H and O–H groups in total. The summed E-state index contributed by atoms with van der Waals surface area (Å²) in [5.41, 5.74) is 5.31. The third-order valence-electron chi connectivity index (χ3n) is 6.93. The first-order chi connectivity index (χ1) is 15.9. The minimum Gasteiger partial charge on any atom is -0.494 e. The number of aromatic hydroxyl groups is 1. The molecule has 5 nitrogen and oxygen atoms in total. The van der Waals surface area contributed by atoms with Crippen LogP contribution in [-0.2, 0) is 6.42 Å². The van der Waals surface area contributed by atoms with E-state index in [1.807, 2.05) is 6.92 Å². The largest absolute Gasteiger partial charge is 0.494 e. The zero-order valence-corrected chi connectivity index (χ0v) is 20.2. The molecule has 0 saturated heterocycles. The lowest BCUT2D eigenvalue weighted by Gasteiger charge is -2.25. The lowest BCUT2D eigenvalue weighted by Crippen LogP contribution is -2.34. The van der Waals surface area contributed by atoms with Crippen LogP contribution in [0, 0.1) is 24.2 Å². The molecular weight excluding hydrogens is 408 g/mol. The molecule has 0 aliphatic heterocycles. The van der Waals surface area contributed by atoms with Gasteiger partial charge in [0.15, 0.2) is 5.88 Å². The first-order valence-corrected chi connectivity index (χ1v) is 12.2. The van der Waals surface area contributed by atoms with Crippen LogP contribution in [-0.4, -0.2) is 28.2 Å². The van der Waals surface area contributed by atoms with Crippen LogP contribution >= 0.6 is 0 Å². The van der Waals surface area contributed by atoms with E-state index in [2.05, 4.69) is 66.4 Å². The lowest BCUT2D eigenvalue weighted by atomic mass is 9.78. The van der Waals surface area contributed by atoms with Crippen molar-refractivity contribution in [2.75, 3.05) is 6.54 Å². The standard InChI is InChI=1S/C28H36N4O/c1-5-19-8-7-17(3)22(13-19)23-15-24-25(14-21(23)6-2)32-28(33)27(24)18(4)31-26(29)11-12-30-16-20-9-10-20/h7-8,11-15,20-21,23,29-30,32-33H,5-6,9-10,16H2,1-4H3/b12-11-,29-26?,31-18?. The molecule has 0 amide bonds. The van der Waals surface area contributed by atoms with Crippen molar-refractivity contribution in [3.8, 4) is 5.88 Å². The summed E-state index contributed by atoms with van der Waals surface area (Å²) >= 11 is 0. The Morgan fingerprint density at radius 1 is 1.27 bits per heavy atom. The number of nitrogens with one attached hydrogen (secondary N) is 3. The van der Waals surface area contributed by atoms with Crippen LogP contribution in [0.2, 0.25) is 0 Å². The Kier molecular flexibility index (Phi) is 6.87. The van der Waals surface area contributed by atoms with Crippen molar-refractivity contribution in [2.24, 2.45) is 16.8 Å². The first-order valence-electron chi connectivity index (χ1n) is 12.2. The van der Waals surface area contributed by atoms with Crippen LogP contribution in [0.25, 0.3) is 12.2 Å². The van der Waals surface area contributed by atoms with E-state index in [1.165, 1.54) is 29.5 Å². The summed E-state index contributed by atoms with van der Waals surface area (Å²) in [6, 6.07) is 6.76. The Balaban J connectivity index is 1.69. The number of aryl methyl sites for hydroxylation is 2. The number of hydrogen-bond donors (Lipinski definition) is 4. The molecule has 0 spiro atoms. The van der Waals surface area contributed by atoms with E-state index in [9.17, 15) is 5.11 Å². The van der Waals surface area contributed by atoms with Gasteiger partial charge in [-0.2, -0.15) is 0 Å². The third kappa shape index (κ3) is 5.13. The third-order valence-corrected chi connectivity index (χ3v) is 6.93. The van der Waals surface area contributed by atoms with E-state index >= 15 is 0 Å². The predicted octanol–water partition coefficient (Wildman–Crippen LogP) is 4.28. The fourth-order valence-corrected chi connectivity index (χ4v) is 4.74. The van der Waals surface area contributed by atoms with Crippen molar-refractivity contribution < 1.29 is 5.11 Å². The average Bonchev–Trinajstić information content (AvgIpc) is 3.56. The van der Waals surface area contributed by atoms with Gasteiger partial charge in [-0.3, -0.25) is 5.41 Å². The number of H-pyrrole nitrogens is 1. The molecule has 1 saturated carbocycles. The number of benzene rings is 1. The van der Waals surface area contributed by atoms with E-state index < -0.39 is 0 Å². The van der Waals surface area contributed by atoms with Gasteiger partial charge in [-0.05, 0) is 74.1 Å². The summed E-state index contributed by atoms with van der Waals surface area (Å²) < 4.78 is 0. The molecule has 1 heterocycles. The van der Waals surface area contributed by atoms with Crippen LogP contribution in [0.4, 0.5) is 0 Å². The predicted molar refractivity (Wildman–Crippen MR) is 138 cm³/mol. The van der Waals surface area contributed by atoms with Gasteiger partial charge in [0.25, 0.3) is 0 Å². The molecule has 2 atom stereocenters. The average molecular weight is 445 g/mol. The maximum Gasteiger partial charge on any atom is 0.198 e. The van der Waals surface area contributed by atoms with Gasteiger partial charge < -0.3 is 15.4 Å². The monoisotopic (exact) mass is 444 g/mol. The molecule has 1 fully saturated rings. The number of amidine groups is 1. The Bertz CT molecular complexity index is 1210. The van der Waals surface area contributed by atoms with E-state index in [1.54, 1.807) is 12.3 Å². The maximum atomic E-state index is 10.7. The van der Waals surface area contributed by atoms with Crippen molar-refractivity contribution in [1.29, 1.82) is 5.41 Å². The molecule has 1 aromatic carbocycles. The number of nitrogens with zero attached hydrogens (tertiary/aromatic N) is 1. The Morgan fingerprint density at radius 3 is 2.76 bits per heavy atom. The van der Waals surface area contributed by atoms with Gasteiger partial charge in [0.05, 0.1) is 11.3 Å². The minimum atomic E-state index is 0.118. The number of hydrogen-bond acceptors (Lipinski definition) is 3. The summed E-state index contributed by atoms with van der Waals surface area (Å²) in [7, 11) is 0. The van der Waals surface area contributed by atoms with Crippen molar-refractivity contribution in [1.82, 2.24) is 10.3 Å². The highest BCUT2D eigenvalue weighted by molar-refractivity contribution is 6.09. The Morgan fingerprint density at radius 2 is 2.06 bits per heavy atom. The van der Waals surface area contributed by atoms with Crippen LogP contribution in [0.15, 0.2) is 35.5 Å². The zero-order valence-electron chi connectivity index (χ0n) is 20.2. The fourth-order valence-electron chi connectivity index (χ4n) is 4.74. The smallest absolute Gasteiger partial charge is 0.198 e. The van der Waals surface area contributed by atoms with Gasteiger partial charge in [0, 0.05) is 29.2 Å². The second-order valence-electron chi connectivity index (χ2n) is 9.42. The molecular formula is C28H36N4O. The summed E-state index contributed by atoms with van der Waals surface area (Å²) in [4.78, 5) is 7.61. The van der Waals surface area contributed by atoms with E-state index in [0.29, 0.717) is 17.2 Å². The molecule has 4 rings (SSSR count). The molecule has 2 aromatic rings. The minimum absolute atomic E-state index is 0.118. The van der Waals surface area contributed by atoms with Crippen molar-refractivity contribution in [3.05, 3.63) is 63.3 Å². The number of aromatic nitrogens is 1. The molecule has 2 aliphatic carbocycles. The van der Waals surface area contributed by atoms with Gasteiger partial charge in [0.2, 0.25) is 0 Å². The zero-order chi connectivity index (χ0) is 23.5. The normalized spacial score (nSPS) is 20.3. The summed E-state index contributed by atoms with van der Waals surface area (Å²) in [6.07, 6.45) is 12.6. The van der Waals surface area contributed by atoms with Crippen molar-refractivity contribution in [3.63, 3.8) is 0 Å². The van der Waals surface area contributed by atoms with Crippen LogP contribution in [0.1, 0.15) is 68.2 Å². The number of rotatable bonds is 8. The molecule has 0 bridgehead atoms. The highest BCUT2D eigenvalue weighted by Crippen LogP contribution is 2.34. The number of aliphatic imine (C=N–C) groups is 1. The highest BCUT2D eigenvalue weighted by Gasteiger charge is 2.25. The molecule has 1 aromatic heterocycles. The van der Waals surface area contributed by atoms with Crippen molar-refractivity contribution in [2.45, 2.75) is 59.3 Å². The van der Waals surface area contributed by atoms with Crippen molar-refractivity contribution >= 4 is 23.7 Å². The van der Waals surface area contributed by atoms with Crippen LogP contribution < -0.4 is 15.9 Å². The van der Waals surface area contributed by atoms with Gasteiger partial charge >= 0.3 is 0 Å². The van der Waals surface area contributed by atoms with Crippen LogP contribution in [0.5, 0.6) is 5.88 Å². The van der Waals surface area contributed by atoms with Gasteiger partial charge in [-0.1, -0.05) is 44.2 Å². The number of aromatic amines is 1. The van der Waals surface area contributed by atoms with Gasteiger partial charge in [-0.25, -0.2) is 4.99 Å². The lowest BCUT2D eigenvalue weighted by molar-refractivity contribution is 0.455. The molecule has 33 heavy (non-hydrogen) atoms. The molecule has 2 unspecified atom stereocenters. The topological polar surface area (TPSA) is 84.3 Å². The Labute approximate surface area is 196 Å². The summed E-state index contributed by atoms with van der Waals surface area (Å²) in [5.74, 6) is 1.66. The van der Waals surface area contributed by atoms with Crippen LogP contribution in [0.3, 0.4) is 0 Å². The summed E-state index contributed by atoms with van der Waals surface area (Å²) in [6.45, 7) is 9.40.